The minimum Gasteiger partial charge on any atom is -0.274 e. The van der Waals surface area contributed by atoms with Gasteiger partial charge in [-0.1, -0.05) is 30.3 Å². The maximum Gasteiger partial charge on any atom is 0.264 e. The van der Waals surface area contributed by atoms with Crippen molar-refractivity contribution in [3.05, 3.63) is 83.9 Å². The molecule has 0 saturated carbocycles. The van der Waals surface area contributed by atoms with Gasteiger partial charge in [-0.3, -0.25) is 4.68 Å². The maximum atomic E-state index is 13.5. The third-order valence-corrected chi connectivity index (χ3v) is 8.89. The Bertz CT molecular complexity index is 1810. The average Bonchev–Trinajstić information content (AvgIpc) is 3.70. The van der Waals surface area contributed by atoms with Crippen molar-refractivity contribution in [2.75, 3.05) is 13.1 Å². The van der Waals surface area contributed by atoms with Crippen LogP contribution in [0.4, 0.5) is 0 Å². The molecular formula is C26H28N8O2S. The predicted octanol–water partition coefficient (Wildman–Crippen LogP) is 2.77. The SMILES string of the molecule is [2H]C([2H])([2H])n1cc(-n2ncc3cc(C4(Cc5ccccc5)CCN(S(=O)(=O)c5cnn(C)n5)C4)c(C)cc32)cn1. The molecule has 0 spiro atoms. The van der Waals surface area contributed by atoms with E-state index in [1.807, 2.05) is 31.2 Å². The van der Waals surface area contributed by atoms with Crippen molar-refractivity contribution in [3.63, 3.8) is 0 Å². The van der Waals surface area contributed by atoms with Crippen LogP contribution in [-0.4, -0.2) is 60.4 Å². The molecule has 2 aromatic carbocycles. The van der Waals surface area contributed by atoms with Gasteiger partial charge in [0.2, 0.25) is 5.03 Å². The molecule has 1 fully saturated rings. The first-order chi connectivity index (χ1) is 19.0. The maximum absolute atomic E-state index is 13.5. The van der Waals surface area contributed by atoms with Gasteiger partial charge in [0.15, 0.2) is 0 Å². The summed E-state index contributed by atoms with van der Waals surface area (Å²) < 4.78 is 54.0. The Labute approximate surface area is 219 Å². The van der Waals surface area contributed by atoms with Crippen LogP contribution in [0.3, 0.4) is 0 Å². The molecule has 1 atom stereocenters. The normalized spacial score (nSPS) is 20.2. The highest BCUT2D eigenvalue weighted by Gasteiger charge is 2.45. The molecule has 11 heteroatoms. The fourth-order valence-corrected chi connectivity index (χ4v) is 6.86. The van der Waals surface area contributed by atoms with E-state index in [9.17, 15) is 8.42 Å². The van der Waals surface area contributed by atoms with Gasteiger partial charge in [0.25, 0.3) is 10.0 Å². The quantitative estimate of drug-likeness (QED) is 0.342. The Morgan fingerprint density at radius 1 is 1.08 bits per heavy atom. The summed E-state index contributed by atoms with van der Waals surface area (Å²) >= 11 is 0. The second kappa shape index (κ2) is 8.63. The Morgan fingerprint density at radius 2 is 1.92 bits per heavy atom. The van der Waals surface area contributed by atoms with E-state index in [4.69, 9.17) is 4.11 Å². The van der Waals surface area contributed by atoms with Crippen LogP contribution in [-0.2, 0) is 35.9 Å². The fourth-order valence-electron chi connectivity index (χ4n) is 5.44. The predicted molar refractivity (Wildman–Crippen MR) is 139 cm³/mol. The lowest BCUT2D eigenvalue weighted by Crippen LogP contribution is -2.36. The average molecular weight is 520 g/mol. The van der Waals surface area contributed by atoms with Gasteiger partial charge < -0.3 is 0 Å². The van der Waals surface area contributed by atoms with Gasteiger partial charge >= 0.3 is 0 Å². The van der Waals surface area contributed by atoms with Crippen LogP contribution in [0.1, 0.15) is 27.2 Å². The zero-order chi connectivity index (χ0) is 28.3. The van der Waals surface area contributed by atoms with Gasteiger partial charge in [0.05, 0.1) is 30.3 Å². The third-order valence-electron chi connectivity index (χ3n) is 7.19. The van der Waals surface area contributed by atoms with Crippen molar-refractivity contribution in [2.24, 2.45) is 14.0 Å². The first-order valence-corrected chi connectivity index (χ1v) is 13.4. The lowest BCUT2D eigenvalue weighted by atomic mass is 9.73. The third kappa shape index (κ3) is 4.04. The highest BCUT2D eigenvalue weighted by atomic mass is 32.2. The summed E-state index contributed by atoms with van der Waals surface area (Å²) in [5, 5.41) is 17.3. The lowest BCUT2D eigenvalue weighted by Gasteiger charge is -2.32. The number of hydrogen-bond donors (Lipinski definition) is 0. The van der Waals surface area contributed by atoms with Crippen LogP contribution in [0, 0.1) is 6.92 Å². The molecule has 0 N–H and O–H groups in total. The van der Waals surface area contributed by atoms with E-state index < -0.39 is 22.4 Å². The number of aromatic nitrogens is 7. The lowest BCUT2D eigenvalue weighted by molar-refractivity contribution is 0.412. The topological polar surface area (TPSA) is 104 Å². The van der Waals surface area contributed by atoms with Gasteiger partial charge in [-0.2, -0.15) is 24.4 Å². The molecule has 0 radical (unpaired) electrons. The summed E-state index contributed by atoms with van der Waals surface area (Å²) in [5.41, 5.74) is 4.03. The summed E-state index contributed by atoms with van der Waals surface area (Å²) in [7, 11) is -2.23. The van der Waals surface area contributed by atoms with Crippen molar-refractivity contribution in [1.29, 1.82) is 0 Å². The van der Waals surface area contributed by atoms with E-state index in [1.165, 1.54) is 27.7 Å². The van der Waals surface area contributed by atoms with E-state index in [0.29, 0.717) is 31.6 Å². The number of aryl methyl sites for hydroxylation is 3. The van der Waals surface area contributed by atoms with E-state index in [2.05, 4.69) is 38.6 Å². The molecule has 0 amide bonds. The molecule has 1 aliphatic heterocycles. The number of hydrogen-bond acceptors (Lipinski definition) is 6. The second-order valence-corrected chi connectivity index (χ2v) is 11.5. The molecule has 5 aromatic rings. The number of rotatable bonds is 6. The Hall–Kier alpha value is -3.83. The zero-order valence-electron chi connectivity index (χ0n) is 23.5. The molecule has 3 aromatic heterocycles. The monoisotopic (exact) mass is 519 g/mol. The minimum atomic E-state index is -3.82. The van der Waals surface area contributed by atoms with Crippen LogP contribution in [0.2, 0.25) is 0 Å². The van der Waals surface area contributed by atoms with Crippen molar-refractivity contribution in [1.82, 2.24) is 38.9 Å². The number of fused-ring (bicyclic) bond motifs is 1. The first-order valence-electron chi connectivity index (χ1n) is 13.4. The van der Waals surface area contributed by atoms with Crippen LogP contribution in [0.15, 0.2) is 72.3 Å². The molecule has 37 heavy (non-hydrogen) atoms. The van der Waals surface area contributed by atoms with Crippen molar-refractivity contribution in [3.8, 4) is 5.69 Å². The van der Waals surface area contributed by atoms with Crippen LogP contribution in [0.25, 0.3) is 16.6 Å². The molecular weight excluding hydrogens is 488 g/mol. The van der Waals surface area contributed by atoms with Gasteiger partial charge in [-0.15, -0.1) is 5.10 Å². The Kier molecular flexibility index (Phi) is 4.73. The van der Waals surface area contributed by atoms with E-state index >= 15 is 0 Å². The molecule has 190 valence electrons. The van der Waals surface area contributed by atoms with Crippen molar-refractivity contribution >= 4 is 20.9 Å². The Morgan fingerprint density at radius 3 is 2.65 bits per heavy atom. The molecule has 6 rings (SSSR count). The van der Waals surface area contributed by atoms with Crippen LogP contribution < -0.4 is 0 Å². The van der Waals surface area contributed by atoms with E-state index in [0.717, 1.165) is 32.3 Å². The molecule has 10 nitrogen and oxygen atoms in total. The van der Waals surface area contributed by atoms with Crippen molar-refractivity contribution in [2.45, 2.75) is 30.2 Å². The first kappa shape index (κ1) is 20.3. The largest absolute Gasteiger partial charge is 0.274 e. The number of nitrogens with zero attached hydrogens (tertiary/aromatic N) is 8. The highest BCUT2D eigenvalue weighted by molar-refractivity contribution is 7.89. The molecule has 1 unspecified atom stereocenters. The van der Waals surface area contributed by atoms with Gasteiger partial charge in [-0.05, 0) is 48.6 Å². The Balaban J connectivity index is 1.42. The summed E-state index contributed by atoms with van der Waals surface area (Å²) in [4.78, 5) is 1.25. The summed E-state index contributed by atoms with van der Waals surface area (Å²) in [6.45, 7) is 0.294. The van der Waals surface area contributed by atoms with E-state index in [-0.39, 0.29) is 5.03 Å². The zero-order valence-corrected chi connectivity index (χ0v) is 21.3. The number of sulfonamides is 1. The van der Waals surface area contributed by atoms with Crippen molar-refractivity contribution < 1.29 is 12.5 Å². The fraction of sp³-hybridized carbons (Fsp3) is 0.308. The molecule has 4 heterocycles. The number of benzene rings is 2. The van der Waals surface area contributed by atoms with E-state index in [1.54, 1.807) is 17.9 Å². The van der Waals surface area contributed by atoms with Crippen LogP contribution in [0.5, 0.6) is 0 Å². The molecule has 1 aliphatic rings. The summed E-state index contributed by atoms with van der Waals surface area (Å²) in [6, 6.07) is 14.2. The van der Waals surface area contributed by atoms with Crippen LogP contribution >= 0.6 is 0 Å². The standard InChI is InChI=1S/C26H28N8O2S/c1-19-11-24-21(14-29-34(24)22-15-27-31(2)17-22)12-23(19)26(13-20-7-5-4-6-8-20)9-10-33(18-26)37(35,36)25-16-28-32(3)30-25/h4-8,11-12,14-17H,9-10,13,18H2,1-3H3/i2D3. The minimum absolute atomic E-state index is 0.0587. The van der Waals surface area contributed by atoms with Gasteiger partial charge in [-0.25, -0.2) is 13.1 Å². The smallest absolute Gasteiger partial charge is 0.264 e. The molecule has 0 bridgehead atoms. The summed E-state index contributed by atoms with van der Waals surface area (Å²) in [5.74, 6) is 0. The molecule has 0 aliphatic carbocycles. The molecule has 1 saturated heterocycles. The van der Waals surface area contributed by atoms with Gasteiger partial charge in [0, 0.05) is 42.0 Å². The second-order valence-electron chi connectivity index (χ2n) is 9.63. The highest BCUT2D eigenvalue weighted by Crippen LogP contribution is 2.42. The summed E-state index contributed by atoms with van der Waals surface area (Å²) in [6.07, 6.45) is 7.24. The van der Waals surface area contributed by atoms with Gasteiger partial charge in [0.1, 0.15) is 5.69 Å².